The number of hydrogen-bond donors (Lipinski definition) is 3. The van der Waals surface area contributed by atoms with Crippen LogP contribution < -0.4 is 15.4 Å². The van der Waals surface area contributed by atoms with Crippen molar-refractivity contribution in [3.63, 3.8) is 0 Å². The van der Waals surface area contributed by atoms with Gasteiger partial charge in [-0.15, -0.1) is 0 Å². The lowest BCUT2D eigenvalue weighted by Crippen LogP contribution is -2.43. The molecule has 1 atom stereocenters. The molecule has 0 spiro atoms. The molecule has 208 valence electrons. The lowest BCUT2D eigenvalue weighted by Gasteiger charge is -2.24. The number of unbranched alkanes of at least 4 members (excludes halogenated alkanes) is 1. The number of nitrogens with one attached hydrogen (secondary N) is 2. The molecule has 8 nitrogen and oxygen atoms in total. The minimum atomic E-state index is -0.985. The fourth-order valence-electron chi connectivity index (χ4n) is 4.67. The quantitative estimate of drug-likeness (QED) is 0.261. The number of nitrogens with zero attached hydrogens (tertiary/aromatic N) is 2. The average Bonchev–Trinajstić information content (AvgIpc) is 2.90. The summed E-state index contributed by atoms with van der Waals surface area (Å²) in [5.41, 5.74) is 2.41. The van der Waals surface area contributed by atoms with Crippen LogP contribution in [0.2, 0.25) is 0 Å². The number of anilines is 1. The molecule has 8 heteroatoms. The fourth-order valence-corrected chi connectivity index (χ4v) is 4.67. The Balaban J connectivity index is 1.48. The molecule has 3 rings (SSSR count). The van der Waals surface area contributed by atoms with E-state index < -0.39 is 12.0 Å². The zero-order valence-corrected chi connectivity index (χ0v) is 23.0. The molecule has 0 bridgehead atoms. The number of hydrogen-bond acceptors (Lipinski definition) is 6. The van der Waals surface area contributed by atoms with Gasteiger partial charge in [-0.05, 0) is 81.2 Å². The molecular formula is C30H44N4O4. The van der Waals surface area contributed by atoms with E-state index in [0.717, 1.165) is 75.4 Å². The Hall–Kier alpha value is -3.13. The number of aromatic nitrogens is 1. The van der Waals surface area contributed by atoms with Gasteiger partial charge in [0.1, 0.15) is 17.6 Å². The van der Waals surface area contributed by atoms with Gasteiger partial charge in [0, 0.05) is 31.7 Å². The summed E-state index contributed by atoms with van der Waals surface area (Å²) >= 11 is 0. The van der Waals surface area contributed by atoms with Crippen molar-refractivity contribution in [2.45, 2.75) is 71.3 Å². The summed E-state index contributed by atoms with van der Waals surface area (Å²) in [6.45, 7) is 7.75. The number of carboxylic acid groups (broad SMARTS) is 1. The summed E-state index contributed by atoms with van der Waals surface area (Å²) in [6.07, 6.45) is 6.71. The number of aryl methyl sites for hydroxylation is 2. The summed E-state index contributed by atoms with van der Waals surface area (Å²) in [4.78, 5) is 31.1. The van der Waals surface area contributed by atoms with Crippen LogP contribution in [0.25, 0.3) is 0 Å². The maximum Gasteiger partial charge on any atom is 0.326 e. The van der Waals surface area contributed by atoms with Gasteiger partial charge in [-0.1, -0.05) is 38.1 Å². The molecule has 1 unspecified atom stereocenters. The van der Waals surface area contributed by atoms with Gasteiger partial charge in [-0.3, -0.25) is 4.79 Å². The van der Waals surface area contributed by atoms with Gasteiger partial charge in [0.05, 0.1) is 6.61 Å². The summed E-state index contributed by atoms with van der Waals surface area (Å²) in [5, 5.41) is 15.8. The van der Waals surface area contributed by atoms with Crippen LogP contribution in [-0.4, -0.2) is 65.7 Å². The minimum absolute atomic E-state index is 0.186. The number of carboxylic acids is 1. The molecule has 2 heterocycles. The van der Waals surface area contributed by atoms with Gasteiger partial charge in [-0.2, -0.15) is 0 Å². The fraction of sp³-hybridized carbons (Fsp3) is 0.567. The van der Waals surface area contributed by atoms with Crippen molar-refractivity contribution in [3.05, 3.63) is 53.7 Å². The second kappa shape index (κ2) is 16.0. The average molecular weight is 525 g/mol. The van der Waals surface area contributed by atoms with E-state index in [0.29, 0.717) is 26.0 Å². The first kappa shape index (κ1) is 29.4. The van der Waals surface area contributed by atoms with Gasteiger partial charge in [0.15, 0.2) is 0 Å². The zero-order valence-electron chi connectivity index (χ0n) is 23.0. The SMILES string of the molecule is CC(C)CC(=O)NC(CCN(CCCCc1ccc2c(n1)NCCC2)CCCOc1ccccc1)C(=O)O. The smallest absolute Gasteiger partial charge is 0.326 e. The molecular weight excluding hydrogens is 480 g/mol. The Labute approximate surface area is 227 Å². The van der Waals surface area contributed by atoms with Crippen molar-refractivity contribution in [1.29, 1.82) is 0 Å². The van der Waals surface area contributed by atoms with Crippen LogP contribution >= 0.6 is 0 Å². The predicted octanol–water partition coefficient (Wildman–Crippen LogP) is 4.54. The molecule has 1 aliphatic heterocycles. The lowest BCUT2D eigenvalue weighted by molar-refractivity contribution is -0.142. The molecule has 1 aliphatic rings. The van der Waals surface area contributed by atoms with Crippen molar-refractivity contribution in [2.75, 3.05) is 38.1 Å². The standard InChI is InChI=1S/C30H44N4O4/c1-23(2)22-28(35)33-27(30(36)37)16-20-34(19-9-21-38-26-12-4-3-5-13-26)18-7-6-11-25-15-14-24-10-8-17-31-29(24)32-25/h3-5,12-15,23,27H,6-11,16-22H2,1-2H3,(H,31,32)(H,33,35)(H,36,37). The molecule has 0 aliphatic carbocycles. The number of amides is 1. The number of para-hydroxylation sites is 1. The normalized spacial score (nSPS) is 13.6. The molecule has 2 aromatic rings. The topological polar surface area (TPSA) is 104 Å². The van der Waals surface area contributed by atoms with Crippen LogP contribution in [0.3, 0.4) is 0 Å². The van der Waals surface area contributed by atoms with Crippen LogP contribution in [0.1, 0.15) is 63.6 Å². The van der Waals surface area contributed by atoms with E-state index in [1.54, 1.807) is 0 Å². The molecule has 0 saturated heterocycles. The Morgan fingerprint density at radius 2 is 1.87 bits per heavy atom. The van der Waals surface area contributed by atoms with E-state index in [1.807, 2.05) is 44.2 Å². The van der Waals surface area contributed by atoms with Gasteiger partial charge in [0.2, 0.25) is 5.91 Å². The molecule has 0 radical (unpaired) electrons. The molecule has 0 saturated carbocycles. The minimum Gasteiger partial charge on any atom is -0.494 e. The molecule has 1 amide bonds. The van der Waals surface area contributed by atoms with Gasteiger partial charge in [0.25, 0.3) is 0 Å². The zero-order chi connectivity index (χ0) is 27.2. The second-order valence-corrected chi connectivity index (χ2v) is 10.5. The monoisotopic (exact) mass is 524 g/mol. The van der Waals surface area contributed by atoms with Crippen LogP contribution in [0.5, 0.6) is 5.75 Å². The Kier molecular flexibility index (Phi) is 12.4. The van der Waals surface area contributed by atoms with Crippen LogP contribution in [0, 0.1) is 5.92 Å². The molecule has 1 aromatic heterocycles. The van der Waals surface area contributed by atoms with E-state index in [9.17, 15) is 14.7 Å². The molecule has 3 N–H and O–H groups in total. The highest BCUT2D eigenvalue weighted by molar-refractivity contribution is 5.83. The Morgan fingerprint density at radius 3 is 2.63 bits per heavy atom. The van der Waals surface area contributed by atoms with Crippen molar-refractivity contribution in [2.24, 2.45) is 5.92 Å². The first-order valence-electron chi connectivity index (χ1n) is 14.1. The molecule has 0 fully saturated rings. The van der Waals surface area contributed by atoms with Crippen LogP contribution in [0.15, 0.2) is 42.5 Å². The van der Waals surface area contributed by atoms with E-state index in [2.05, 4.69) is 27.7 Å². The summed E-state index contributed by atoms with van der Waals surface area (Å²) in [5.74, 6) is 0.882. The summed E-state index contributed by atoms with van der Waals surface area (Å²) < 4.78 is 5.85. The van der Waals surface area contributed by atoms with Gasteiger partial charge in [-0.25, -0.2) is 9.78 Å². The van der Waals surface area contributed by atoms with Gasteiger partial charge < -0.3 is 25.4 Å². The van der Waals surface area contributed by atoms with Crippen LogP contribution in [-0.2, 0) is 22.4 Å². The number of aliphatic carboxylic acids is 1. The Bertz CT molecular complexity index is 999. The van der Waals surface area contributed by atoms with Crippen molar-refractivity contribution in [1.82, 2.24) is 15.2 Å². The highest BCUT2D eigenvalue weighted by Crippen LogP contribution is 2.20. The van der Waals surface area contributed by atoms with E-state index in [1.165, 1.54) is 5.56 Å². The van der Waals surface area contributed by atoms with Crippen LogP contribution in [0.4, 0.5) is 5.82 Å². The first-order valence-corrected chi connectivity index (χ1v) is 14.1. The third kappa shape index (κ3) is 10.7. The molecule has 1 aromatic carbocycles. The third-order valence-corrected chi connectivity index (χ3v) is 6.70. The van der Waals surface area contributed by atoms with Crippen molar-refractivity contribution < 1.29 is 19.4 Å². The second-order valence-electron chi connectivity index (χ2n) is 10.5. The number of ether oxygens (including phenoxy) is 1. The largest absolute Gasteiger partial charge is 0.494 e. The number of carbonyl (C=O) groups is 2. The van der Waals surface area contributed by atoms with Crippen molar-refractivity contribution in [3.8, 4) is 5.75 Å². The highest BCUT2D eigenvalue weighted by atomic mass is 16.5. The predicted molar refractivity (Wildman–Crippen MR) is 151 cm³/mol. The highest BCUT2D eigenvalue weighted by Gasteiger charge is 2.21. The number of benzene rings is 1. The van der Waals surface area contributed by atoms with Crippen molar-refractivity contribution >= 4 is 17.7 Å². The lowest BCUT2D eigenvalue weighted by atomic mass is 10.1. The Morgan fingerprint density at radius 1 is 1.08 bits per heavy atom. The van der Waals surface area contributed by atoms with E-state index in [-0.39, 0.29) is 11.8 Å². The van der Waals surface area contributed by atoms with E-state index in [4.69, 9.17) is 9.72 Å². The number of rotatable bonds is 17. The number of pyridine rings is 1. The van der Waals surface area contributed by atoms with Gasteiger partial charge >= 0.3 is 5.97 Å². The number of carbonyl (C=O) groups excluding carboxylic acids is 1. The molecule has 38 heavy (non-hydrogen) atoms. The summed E-state index contributed by atoms with van der Waals surface area (Å²) in [7, 11) is 0. The maximum absolute atomic E-state index is 12.2. The maximum atomic E-state index is 12.2. The summed E-state index contributed by atoms with van der Waals surface area (Å²) in [6, 6.07) is 13.2. The van der Waals surface area contributed by atoms with E-state index >= 15 is 0 Å². The first-order chi connectivity index (χ1) is 18.4. The third-order valence-electron chi connectivity index (χ3n) is 6.70. The number of fused-ring (bicyclic) bond motifs is 1.